The fourth-order valence-corrected chi connectivity index (χ4v) is 10.2. The number of fused-ring (bicyclic) bond motifs is 8. The van der Waals surface area contributed by atoms with Crippen molar-refractivity contribution in [1.82, 2.24) is 14.8 Å². The van der Waals surface area contributed by atoms with Gasteiger partial charge >= 0.3 is 0 Å². The summed E-state index contributed by atoms with van der Waals surface area (Å²) in [4.78, 5) is 17.8. The Labute approximate surface area is 259 Å². The maximum absolute atomic E-state index is 16.4. The van der Waals surface area contributed by atoms with Gasteiger partial charge in [0, 0.05) is 29.4 Å². The number of Topliss-reactive ketones (excluding diaryl/α,β-unsaturated/α-hetero) is 1. The Bertz CT molecular complexity index is 1510. The zero-order chi connectivity index (χ0) is 31.2. The molecule has 11 heteroatoms. The Hall–Kier alpha value is -2.07. The molecule has 3 saturated carbocycles. The number of aliphatic hydroxyl groups is 2. The molecule has 1 saturated heterocycles. The maximum atomic E-state index is 16.4. The topological polar surface area (TPSA) is 116 Å². The minimum absolute atomic E-state index is 0.108. The summed E-state index contributed by atoms with van der Waals surface area (Å²) in [7, 11) is 2.55. The summed E-state index contributed by atoms with van der Waals surface area (Å²) >= 11 is 0. The highest BCUT2D eigenvalue weighted by atomic mass is 31.0. The maximum Gasteiger partial charge on any atom is 0.193 e. The van der Waals surface area contributed by atoms with E-state index < -0.39 is 53.0 Å². The Morgan fingerprint density at radius 1 is 1.23 bits per heavy atom. The van der Waals surface area contributed by atoms with Crippen molar-refractivity contribution >= 4 is 21.1 Å². The van der Waals surface area contributed by atoms with Gasteiger partial charge in [-0.05, 0) is 91.7 Å². The number of ether oxygens (including phenoxy) is 3. The first-order valence-electron chi connectivity index (χ1n) is 15.7. The van der Waals surface area contributed by atoms with Crippen molar-refractivity contribution in [3.05, 3.63) is 52.6 Å². The molecule has 0 spiro atoms. The van der Waals surface area contributed by atoms with E-state index in [4.69, 9.17) is 19.3 Å². The molecular weight excluding hydrogens is 584 g/mol. The monoisotopic (exact) mass is 627 g/mol. The number of hydrogen-bond acceptors (Lipinski definition) is 8. The summed E-state index contributed by atoms with van der Waals surface area (Å²) in [5.74, 6) is -1.92. The van der Waals surface area contributed by atoms with Gasteiger partial charge in [0.1, 0.15) is 12.8 Å². The van der Waals surface area contributed by atoms with Gasteiger partial charge in [-0.15, -0.1) is 9.24 Å². The second kappa shape index (κ2) is 10.5. The van der Waals surface area contributed by atoms with E-state index in [9.17, 15) is 15.0 Å². The van der Waals surface area contributed by atoms with E-state index >= 15 is 4.39 Å². The van der Waals surface area contributed by atoms with Crippen LogP contribution in [0.3, 0.4) is 0 Å². The predicted octanol–water partition coefficient (Wildman–Crippen LogP) is 3.84. The number of carbonyl (C=O) groups excluding carboxylic acids is 1. The number of ketones is 1. The largest absolute Gasteiger partial charge is 0.393 e. The molecule has 9 nitrogen and oxygen atoms in total. The van der Waals surface area contributed by atoms with Crippen molar-refractivity contribution < 1.29 is 33.6 Å². The Morgan fingerprint density at radius 2 is 2.00 bits per heavy atom. The van der Waals surface area contributed by atoms with Crippen LogP contribution in [-0.2, 0) is 38.6 Å². The van der Waals surface area contributed by atoms with E-state index in [1.54, 1.807) is 20.0 Å². The average molecular weight is 628 g/mol. The lowest BCUT2D eigenvalue weighted by atomic mass is 9.45. The van der Waals surface area contributed by atoms with E-state index in [0.717, 1.165) is 22.4 Å². The third-order valence-electron chi connectivity index (χ3n) is 11.5. The number of hydrogen-bond donors (Lipinski definition) is 2. The van der Waals surface area contributed by atoms with E-state index in [0.29, 0.717) is 44.3 Å². The number of rotatable bonds is 7. The SMILES string of the molecule is CC1(C)O[C@@H]2C[C@H]3[C@@H]4C[C@H](F)C5=Cc6nn(Cc7cncc(COCP)c7)cc6C[C@]5(C)[C@H]4[C@@H](O)C[C@]3(C)[C@]2(C(=O)CO)O1. The molecule has 2 aromatic rings. The highest BCUT2D eigenvalue weighted by Crippen LogP contribution is 2.70. The van der Waals surface area contributed by atoms with Crippen LogP contribution in [0.15, 0.2) is 30.2 Å². The van der Waals surface area contributed by atoms with Gasteiger partial charge in [0.2, 0.25) is 0 Å². The van der Waals surface area contributed by atoms with Crippen molar-refractivity contribution in [3.8, 4) is 0 Å². The molecular formula is C33H43FN3O6P. The molecule has 0 amide bonds. The first-order valence-corrected chi connectivity index (χ1v) is 16.5. The van der Waals surface area contributed by atoms with Crippen molar-refractivity contribution in [1.29, 1.82) is 0 Å². The van der Waals surface area contributed by atoms with Crippen molar-refractivity contribution in [3.63, 3.8) is 0 Å². The van der Waals surface area contributed by atoms with Gasteiger partial charge in [-0.3, -0.25) is 14.5 Å². The van der Waals surface area contributed by atoms with Crippen molar-refractivity contribution in [2.24, 2.45) is 28.6 Å². The number of carbonyl (C=O) groups is 1. The molecule has 10 atom stereocenters. The van der Waals surface area contributed by atoms with Crippen LogP contribution in [0.4, 0.5) is 4.39 Å². The molecule has 238 valence electrons. The molecule has 1 aliphatic heterocycles. The van der Waals surface area contributed by atoms with Crippen LogP contribution >= 0.6 is 9.24 Å². The first-order chi connectivity index (χ1) is 20.8. The molecule has 3 heterocycles. The smallest absolute Gasteiger partial charge is 0.193 e. The summed E-state index contributed by atoms with van der Waals surface area (Å²) in [6.45, 7) is 7.98. The number of alkyl halides is 1. The number of aliphatic hydroxyl groups excluding tert-OH is 2. The standard InChI is InChI=1S/C33H43FN3O6P/c1-30(2)42-28-8-22-21-6-24(34)23-7-25-20(14-37(36-25)13-18-5-19(12-35-11-18)16-41-17-44)9-31(23,3)29(21)26(39)10-32(22,4)33(28,43-30)27(40)15-38/h5,7,11-12,14,21-22,24,26,28-29,38-39H,6,8-10,13,15-17,44H2,1-4H3/t21-,22-,24-,26-,28+,29+,31-,32-,33+/m0/s1. The third-order valence-corrected chi connectivity index (χ3v) is 11.8. The number of nitrogens with zero attached hydrogens (tertiary/aromatic N) is 3. The molecule has 4 fully saturated rings. The summed E-state index contributed by atoms with van der Waals surface area (Å²) in [5.41, 5.74) is 1.70. The fraction of sp³-hybridized carbons (Fsp3) is 0.667. The van der Waals surface area contributed by atoms with Gasteiger partial charge in [0.25, 0.3) is 0 Å². The highest BCUT2D eigenvalue weighted by molar-refractivity contribution is 7.16. The zero-order valence-electron chi connectivity index (χ0n) is 25.8. The summed E-state index contributed by atoms with van der Waals surface area (Å²) in [6.07, 6.45) is 7.25. The molecule has 2 aromatic heterocycles. The second-order valence-electron chi connectivity index (χ2n) is 14.5. The molecule has 0 aromatic carbocycles. The number of aromatic nitrogens is 3. The van der Waals surface area contributed by atoms with E-state index in [-0.39, 0.29) is 24.2 Å². The second-order valence-corrected chi connectivity index (χ2v) is 14.8. The molecule has 44 heavy (non-hydrogen) atoms. The third kappa shape index (κ3) is 4.35. The lowest BCUT2D eigenvalue weighted by molar-refractivity contribution is -0.228. The molecule has 7 rings (SSSR count). The fourth-order valence-electron chi connectivity index (χ4n) is 10.1. The normalized spacial score (nSPS) is 40.0. The van der Waals surface area contributed by atoms with E-state index in [2.05, 4.69) is 27.2 Å². The van der Waals surface area contributed by atoms with E-state index in [1.165, 1.54) is 0 Å². The van der Waals surface area contributed by atoms with Crippen LogP contribution in [-0.4, -0.2) is 73.5 Å². The van der Waals surface area contributed by atoms with Crippen molar-refractivity contribution in [2.75, 3.05) is 13.0 Å². The number of allylic oxidation sites excluding steroid dienone is 1. The highest BCUT2D eigenvalue weighted by Gasteiger charge is 2.77. The quantitative estimate of drug-likeness (QED) is 0.445. The van der Waals surface area contributed by atoms with Gasteiger partial charge in [-0.25, -0.2) is 4.39 Å². The summed E-state index contributed by atoms with van der Waals surface area (Å²) < 4.78 is 36.5. The lowest BCUT2D eigenvalue weighted by Crippen LogP contribution is -2.65. The Balaban J connectivity index is 1.20. The van der Waals surface area contributed by atoms with Crippen LogP contribution in [0.1, 0.15) is 69.3 Å². The van der Waals surface area contributed by atoms with Gasteiger partial charge in [-0.1, -0.05) is 13.8 Å². The molecule has 2 N–H and O–H groups in total. The number of halogens is 1. The van der Waals surface area contributed by atoms with Gasteiger partial charge in [-0.2, -0.15) is 5.10 Å². The molecule has 0 bridgehead atoms. The van der Waals surface area contributed by atoms with Gasteiger partial charge < -0.3 is 24.4 Å². The van der Waals surface area contributed by atoms with E-state index in [1.807, 2.05) is 30.1 Å². The van der Waals surface area contributed by atoms with Crippen molar-refractivity contribution in [2.45, 2.75) is 96.3 Å². The van der Waals surface area contributed by atoms with Gasteiger partial charge in [0.15, 0.2) is 17.2 Å². The Kier molecular flexibility index (Phi) is 7.28. The number of pyridine rings is 1. The minimum Gasteiger partial charge on any atom is -0.393 e. The lowest BCUT2D eigenvalue weighted by Gasteiger charge is -2.61. The molecule has 0 radical (unpaired) electrons. The van der Waals surface area contributed by atoms with Crippen LogP contribution in [0.2, 0.25) is 0 Å². The minimum atomic E-state index is -1.38. The first kappa shape index (κ1) is 30.6. The molecule has 4 aliphatic carbocycles. The van der Waals surface area contributed by atoms with Crippen LogP contribution in [0.5, 0.6) is 0 Å². The zero-order valence-corrected chi connectivity index (χ0v) is 27.0. The molecule has 1 unspecified atom stereocenters. The predicted molar refractivity (Wildman–Crippen MR) is 163 cm³/mol. The van der Waals surface area contributed by atoms with Gasteiger partial charge in [0.05, 0.1) is 37.4 Å². The summed E-state index contributed by atoms with van der Waals surface area (Å²) in [6, 6.07) is 2.06. The van der Waals surface area contributed by atoms with Crippen LogP contribution < -0.4 is 0 Å². The molecule has 5 aliphatic rings. The average Bonchev–Trinajstić information content (AvgIpc) is 3.55. The Morgan fingerprint density at radius 3 is 2.75 bits per heavy atom. The summed E-state index contributed by atoms with van der Waals surface area (Å²) in [5, 5.41) is 26.9. The van der Waals surface area contributed by atoms with Crippen LogP contribution in [0, 0.1) is 28.6 Å². The van der Waals surface area contributed by atoms with Crippen LogP contribution in [0.25, 0.3) is 6.08 Å².